The standard InChI is InChI=1S/C17H17NO2/c19-17(13-7-6-8-13)18-15-11-4-5-12-16(15)20-14-9-2-1-3-10-14/h1-5,9-13H,6-8H2,(H,18,19). The van der Waals surface area contributed by atoms with Gasteiger partial charge in [-0.15, -0.1) is 0 Å². The van der Waals surface area contributed by atoms with Crippen LogP contribution in [0.25, 0.3) is 0 Å². The number of carbonyl (C=O) groups excluding carboxylic acids is 1. The topological polar surface area (TPSA) is 38.3 Å². The van der Waals surface area contributed by atoms with Crippen LogP contribution in [-0.2, 0) is 4.79 Å². The first kappa shape index (κ1) is 12.7. The summed E-state index contributed by atoms with van der Waals surface area (Å²) in [5.41, 5.74) is 0.730. The van der Waals surface area contributed by atoms with Gasteiger partial charge in [0.2, 0.25) is 5.91 Å². The van der Waals surface area contributed by atoms with Crippen LogP contribution in [0, 0.1) is 5.92 Å². The number of benzene rings is 2. The zero-order valence-corrected chi connectivity index (χ0v) is 11.2. The molecule has 0 atom stereocenters. The maximum Gasteiger partial charge on any atom is 0.227 e. The van der Waals surface area contributed by atoms with Crippen molar-refractivity contribution in [3.8, 4) is 11.5 Å². The van der Waals surface area contributed by atoms with Gasteiger partial charge in [-0.3, -0.25) is 4.79 Å². The van der Waals surface area contributed by atoms with Gasteiger partial charge in [0.25, 0.3) is 0 Å². The van der Waals surface area contributed by atoms with Crippen molar-refractivity contribution in [3.05, 3.63) is 54.6 Å². The summed E-state index contributed by atoms with van der Waals surface area (Å²) in [5.74, 6) is 1.70. The van der Waals surface area contributed by atoms with Crippen molar-refractivity contribution < 1.29 is 9.53 Å². The van der Waals surface area contributed by atoms with E-state index in [1.807, 2.05) is 54.6 Å². The summed E-state index contributed by atoms with van der Waals surface area (Å²) in [6, 6.07) is 17.1. The number of ether oxygens (including phenoxy) is 1. The third kappa shape index (κ3) is 2.82. The number of rotatable bonds is 4. The Morgan fingerprint density at radius 3 is 2.40 bits per heavy atom. The van der Waals surface area contributed by atoms with Crippen molar-refractivity contribution in [2.24, 2.45) is 5.92 Å². The summed E-state index contributed by atoms with van der Waals surface area (Å²) in [6.07, 6.45) is 3.14. The molecule has 2 aromatic carbocycles. The van der Waals surface area contributed by atoms with Crippen LogP contribution in [0.3, 0.4) is 0 Å². The van der Waals surface area contributed by atoms with E-state index in [0.717, 1.165) is 30.7 Å². The molecule has 1 saturated carbocycles. The van der Waals surface area contributed by atoms with Crippen molar-refractivity contribution in [1.82, 2.24) is 0 Å². The number of amides is 1. The first-order valence-corrected chi connectivity index (χ1v) is 6.96. The fourth-order valence-corrected chi connectivity index (χ4v) is 2.18. The van der Waals surface area contributed by atoms with E-state index in [9.17, 15) is 4.79 Å². The number of para-hydroxylation sites is 3. The summed E-state index contributed by atoms with van der Waals surface area (Å²) >= 11 is 0. The monoisotopic (exact) mass is 267 g/mol. The van der Waals surface area contributed by atoms with Crippen molar-refractivity contribution in [3.63, 3.8) is 0 Å². The molecule has 0 aromatic heterocycles. The highest BCUT2D eigenvalue weighted by Crippen LogP contribution is 2.32. The number of nitrogens with one attached hydrogen (secondary N) is 1. The molecule has 3 rings (SSSR count). The van der Waals surface area contributed by atoms with Gasteiger partial charge in [0.05, 0.1) is 5.69 Å². The van der Waals surface area contributed by atoms with Crippen molar-refractivity contribution in [2.75, 3.05) is 5.32 Å². The molecule has 3 nitrogen and oxygen atoms in total. The molecule has 0 bridgehead atoms. The first-order valence-electron chi connectivity index (χ1n) is 6.96. The van der Waals surface area contributed by atoms with Gasteiger partial charge in [-0.1, -0.05) is 36.8 Å². The molecule has 1 amide bonds. The Labute approximate surface area is 118 Å². The lowest BCUT2D eigenvalue weighted by Gasteiger charge is -2.24. The molecule has 1 fully saturated rings. The Morgan fingerprint density at radius 1 is 1.00 bits per heavy atom. The molecule has 0 aliphatic heterocycles. The smallest absolute Gasteiger partial charge is 0.227 e. The lowest BCUT2D eigenvalue weighted by atomic mass is 9.85. The summed E-state index contributed by atoms with van der Waals surface area (Å²) in [6.45, 7) is 0. The molecule has 1 N–H and O–H groups in total. The van der Waals surface area contributed by atoms with Crippen LogP contribution < -0.4 is 10.1 Å². The maximum atomic E-state index is 12.0. The fourth-order valence-electron chi connectivity index (χ4n) is 2.18. The number of carbonyl (C=O) groups is 1. The predicted molar refractivity (Wildman–Crippen MR) is 78.9 cm³/mol. The zero-order valence-electron chi connectivity index (χ0n) is 11.2. The van der Waals surface area contributed by atoms with Crippen LogP contribution in [0.4, 0.5) is 5.69 Å². The molecular formula is C17H17NO2. The van der Waals surface area contributed by atoms with Gasteiger partial charge in [-0.2, -0.15) is 0 Å². The quantitative estimate of drug-likeness (QED) is 0.900. The maximum absolute atomic E-state index is 12.0. The SMILES string of the molecule is O=C(Nc1ccccc1Oc1ccccc1)C1CCC1. The van der Waals surface area contributed by atoms with E-state index in [4.69, 9.17) is 4.74 Å². The number of hydrogen-bond acceptors (Lipinski definition) is 2. The van der Waals surface area contributed by atoms with E-state index in [2.05, 4.69) is 5.32 Å². The second-order valence-corrected chi connectivity index (χ2v) is 5.03. The summed E-state index contributed by atoms with van der Waals surface area (Å²) < 4.78 is 5.83. The van der Waals surface area contributed by atoms with Gasteiger partial charge >= 0.3 is 0 Å². The van der Waals surface area contributed by atoms with Crippen LogP contribution in [0.2, 0.25) is 0 Å². The number of anilines is 1. The third-order valence-corrected chi connectivity index (χ3v) is 3.59. The van der Waals surface area contributed by atoms with Crippen LogP contribution in [0.15, 0.2) is 54.6 Å². The molecule has 1 aliphatic rings. The minimum absolute atomic E-state index is 0.0976. The van der Waals surface area contributed by atoms with Crippen LogP contribution >= 0.6 is 0 Å². The van der Waals surface area contributed by atoms with Crippen molar-refractivity contribution in [1.29, 1.82) is 0 Å². The lowest BCUT2D eigenvalue weighted by molar-refractivity contribution is -0.122. The minimum Gasteiger partial charge on any atom is -0.455 e. The van der Waals surface area contributed by atoms with Crippen LogP contribution in [0.1, 0.15) is 19.3 Å². The molecular weight excluding hydrogens is 250 g/mol. The largest absolute Gasteiger partial charge is 0.455 e. The first-order chi connectivity index (χ1) is 9.83. The Bertz CT molecular complexity index is 591. The Hall–Kier alpha value is -2.29. The highest BCUT2D eigenvalue weighted by atomic mass is 16.5. The van der Waals surface area contributed by atoms with E-state index in [0.29, 0.717) is 5.75 Å². The predicted octanol–water partition coefficient (Wildman–Crippen LogP) is 4.22. The van der Waals surface area contributed by atoms with Gasteiger partial charge in [0.1, 0.15) is 5.75 Å². The van der Waals surface area contributed by atoms with E-state index in [1.165, 1.54) is 0 Å². The zero-order chi connectivity index (χ0) is 13.8. The Kier molecular flexibility index (Phi) is 3.68. The molecule has 0 saturated heterocycles. The molecule has 0 radical (unpaired) electrons. The molecule has 3 heteroatoms. The van der Waals surface area contributed by atoms with Gasteiger partial charge in [0.15, 0.2) is 5.75 Å². The van der Waals surface area contributed by atoms with Gasteiger partial charge in [-0.25, -0.2) is 0 Å². The second kappa shape index (κ2) is 5.78. The normalized spacial score (nSPS) is 14.4. The third-order valence-electron chi connectivity index (χ3n) is 3.59. The summed E-state index contributed by atoms with van der Waals surface area (Å²) in [4.78, 5) is 12.0. The highest BCUT2D eigenvalue weighted by molar-refractivity contribution is 5.94. The molecule has 102 valence electrons. The Morgan fingerprint density at radius 2 is 1.70 bits per heavy atom. The van der Waals surface area contributed by atoms with E-state index < -0.39 is 0 Å². The van der Waals surface area contributed by atoms with Crippen molar-refractivity contribution in [2.45, 2.75) is 19.3 Å². The molecule has 2 aromatic rings. The van der Waals surface area contributed by atoms with Gasteiger partial charge < -0.3 is 10.1 Å². The fraction of sp³-hybridized carbons (Fsp3) is 0.235. The molecule has 1 aliphatic carbocycles. The molecule has 0 spiro atoms. The highest BCUT2D eigenvalue weighted by Gasteiger charge is 2.25. The van der Waals surface area contributed by atoms with E-state index in [1.54, 1.807) is 0 Å². The number of hydrogen-bond donors (Lipinski definition) is 1. The van der Waals surface area contributed by atoms with E-state index >= 15 is 0 Å². The van der Waals surface area contributed by atoms with Gasteiger partial charge in [0, 0.05) is 5.92 Å². The van der Waals surface area contributed by atoms with E-state index in [-0.39, 0.29) is 11.8 Å². The summed E-state index contributed by atoms with van der Waals surface area (Å²) in [7, 11) is 0. The van der Waals surface area contributed by atoms with Crippen molar-refractivity contribution >= 4 is 11.6 Å². The van der Waals surface area contributed by atoms with Crippen LogP contribution in [-0.4, -0.2) is 5.91 Å². The van der Waals surface area contributed by atoms with Crippen LogP contribution in [0.5, 0.6) is 11.5 Å². The molecule has 20 heavy (non-hydrogen) atoms. The second-order valence-electron chi connectivity index (χ2n) is 5.03. The average molecular weight is 267 g/mol. The molecule has 0 unspecified atom stereocenters. The Balaban J connectivity index is 1.75. The lowest BCUT2D eigenvalue weighted by Crippen LogP contribution is -2.28. The minimum atomic E-state index is 0.0976. The summed E-state index contributed by atoms with van der Waals surface area (Å²) in [5, 5.41) is 2.97. The average Bonchev–Trinajstić information content (AvgIpc) is 2.40. The molecule has 0 heterocycles. The van der Waals surface area contributed by atoms with Gasteiger partial charge in [-0.05, 0) is 37.1 Å².